The van der Waals surface area contributed by atoms with E-state index in [4.69, 9.17) is 4.74 Å². The first-order valence-corrected chi connectivity index (χ1v) is 5.93. The van der Waals surface area contributed by atoms with Gasteiger partial charge in [-0.3, -0.25) is 9.59 Å². The number of ether oxygens (including phenoxy) is 1. The maximum Gasteiger partial charge on any atom is 0.258 e. The minimum Gasteiger partial charge on any atom is -0.484 e. The lowest BCUT2D eigenvalue weighted by atomic mass is 10.3. The molecular formula is C13H18N2O3. The highest BCUT2D eigenvalue weighted by molar-refractivity contribution is 5.85. The summed E-state index contributed by atoms with van der Waals surface area (Å²) < 4.78 is 5.24. The molecule has 0 radical (unpaired) electrons. The van der Waals surface area contributed by atoms with Gasteiger partial charge in [0, 0.05) is 6.54 Å². The Labute approximate surface area is 107 Å². The molecule has 0 saturated carbocycles. The highest BCUT2D eigenvalue weighted by atomic mass is 16.5. The van der Waals surface area contributed by atoms with Gasteiger partial charge in [-0.15, -0.1) is 0 Å². The van der Waals surface area contributed by atoms with Gasteiger partial charge >= 0.3 is 0 Å². The molecule has 0 spiro atoms. The van der Waals surface area contributed by atoms with Crippen LogP contribution in [-0.4, -0.2) is 31.5 Å². The number of benzene rings is 1. The second-order valence-corrected chi connectivity index (χ2v) is 3.73. The Hall–Kier alpha value is -2.04. The SMILES string of the molecule is CCCNC(=O)CNC(=O)COc1ccccc1. The third kappa shape index (κ3) is 5.89. The van der Waals surface area contributed by atoms with Crippen LogP contribution in [0.15, 0.2) is 30.3 Å². The number of carbonyl (C=O) groups excluding carboxylic acids is 2. The van der Waals surface area contributed by atoms with E-state index in [0.717, 1.165) is 6.42 Å². The first-order chi connectivity index (χ1) is 8.72. The summed E-state index contributed by atoms with van der Waals surface area (Å²) in [4.78, 5) is 22.6. The molecular weight excluding hydrogens is 232 g/mol. The molecule has 2 N–H and O–H groups in total. The van der Waals surface area contributed by atoms with Crippen molar-refractivity contribution in [2.24, 2.45) is 0 Å². The smallest absolute Gasteiger partial charge is 0.258 e. The number of hydrogen-bond donors (Lipinski definition) is 2. The van der Waals surface area contributed by atoms with E-state index in [1.54, 1.807) is 12.1 Å². The normalized spacial score (nSPS) is 9.61. The molecule has 1 aromatic rings. The van der Waals surface area contributed by atoms with Crippen molar-refractivity contribution in [3.05, 3.63) is 30.3 Å². The Balaban J connectivity index is 2.16. The summed E-state index contributed by atoms with van der Waals surface area (Å²) in [6.07, 6.45) is 0.872. The summed E-state index contributed by atoms with van der Waals surface area (Å²) >= 11 is 0. The molecule has 0 fully saturated rings. The molecule has 5 heteroatoms. The van der Waals surface area contributed by atoms with Gasteiger partial charge in [-0.1, -0.05) is 25.1 Å². The number of carbonyl (C=O) groups is 2. The number of hydrogen-bond acceptors (Lipinski definition) is 3. The molecule has 0 aliphatic carbocycles. The molecule has 0 atom stereocenters. The number of para-hydroxylation sites is 1. The fourth-order valence-corrected chi connectivity index (χ4v) is 1.22. The average molecular weight is 250 g/mol. The van der Waals surface area contributed by atoms with Crippen LogP contribution in [0.5, 0.6) is 5.75 Å². The number of amides is 2. The van der Waals surface area contributed by atoms with Gasteiger partial charge in [0.1, 0.15) is 5.75 Å². The van der Waals surface area contributed by atoms with Crippen molar-refractivity contribution in [2.75, 3.05) is 19.7 Å². The van der Waals surface area contributed by atoms with E-state index in [2.05, 4.69) is 10.6 Å². The third-order valence-electron chi connectivity index (χ3n) is 2.13. The Bertz CT molecular complexity index is 379. The van der Waals surface area contributed by atoms with Crippen LogP contribution in [-0.2, 0) is 9.59 Å². The zero-order valence-corrected chi connectivity index (χ0v) is 10.4. The number of nitrogens with one attached hydrogen (secondary N) is 2. The Morgan fingerprint density at radius 3 is 2.50 bits per heavy atom. The molecule has 98 valence electrons. The van der Waals surface area contributed by atoms with E-state index in [-0.39, 0.29) is 25.0 Å². The minimum atomic E-state index is -0.314. The van der Waals surface area contributed by atoms with Crippen LogP contribution in [0.1, 0.15) is 13.3 Å². The molecule has 0 aliphatic heterocycles. The van der Waals surface area contributed by atoms with Gasteiger partial charge in [0.05, 0.1) is 6.54 Å². The molecule has 0 bridgehead atoms. The van der Waals surface area contributed by atoms with Gasteiger partial charge in [0.2, 0.25) is 5.91 Å². The quantitative estimate of drug-likeness (QED) is 0.749. The van der Waals surface area contributed by atoms with Crippen molar-refractivity contribution in [3.63, 3.8) is 0 Å². The van der Waals surface area contributed by atoms with Crippen LogP contribution >= 0.6 is 0 Å². The second-order valence-electron chi connectivity index (χ2n) is 3.73. The fraction of sp³-hybridized carbons (Fsp3) is 0.385. The van der Waals surface area contributed by atoms with Crippen LogP contribution in [0.25, 0.3) is 0 Å². The van der Waals surface area contributed by atoms with Crippen LogP contribution in [0.2, 0.25) is 0 Å². The molecule has 0 aromatic heterocycles. The molecule has 2 amide bonds. The molecule has 18 heavy (non-hydrogen) atoms. The lowest BCUT2D eigenvalue weighted by molar-refractivity contribution is -0.127. The maximum absolute atomic E-state index is 11.4. The maximum atomic E-state index is 11.4. The summed E-state index contributed by atoms with van der Waals surface area (Å²) in [5.41, 5.74) is 0. The molecule has 0 saturated heterocycles. The van der Waals surface area contributed by atoms with E-state index in [9.17, 15) is 9.59 Å². The summed E-state index contributed by atoms with van der Waals surface area (Å²) in [6, 6.07) is 9.05. The van der Waals surface area contributed by atoms with E-state index in [1.807, 2.05) is 25.1 Å². The minimum absolute atomic E-state index is 0.0169. The van der Waals surface area contributed by atoms with Crippen molar-refractivity contribution >= 4 is 11.8 Å². The van der Waals surface area contributed by atoms with Gasteiger partial charge in [-0.2, -0.15) is 0 Å². The van der Waals surface area contributed by atoms with Gasteiger partial charge in [0.25, 0.3) is 5.91 Å². The number of rotatable bonds is 7. The zero-order valence-electron chi connectivity index (χ0n) is 10.4. The van der Waals surface area contributed by atoms with Gasteiger partial charge < -0.3 is 15.4 Å². The van der Waals surface area contributed by atoms with Crippen molar-refractivity contribution < 1.29 is 14.3 Å². The van der Waals surface area contributed by atoms with E-state index in [0.29, 0.717) is 12.3 Å². The zero-order chi connectivity index (χ0) is 13.2. The lowest BCUT2D eigenvalue weighted by Crippen LogP contribution is -2.39. The summed E-state index contributed by atoms with van der Waals surface area (Å²) in [5.74, 6) is 0.124. The van der Waals surface area contributed by atoms with Crippen LogP contribution < -0.4 is 15.4 Å². The Morgan fingerprint density at radius 1 is 1.11 bits per heavy atom. The molecule has 0 unspecified atom stereocenters. The van der Waals surface area contributed by atoms with Gasteiger partial charge in [-0.05, 0) is 18.6 Å². The standard InChI is InChI=1S/C13H18N2O3/c1-2-8-14-12(16)9-15-13(17)10-18-11-6-4-3-5-7-11/h3-7H,2,8-10H2,1H3,(H,14,16)(H,15,17). The average Bonchev–Trinajstić information content (AvgIpc) is 2.41. The molecule has 1 rings (SSSR count). The first-order valence-electron chi connectivity index (χ1n) is 5.93. The summed E-state index contributed by atoms with van der Waals surface area (Å²) in [7, 11) is 0. The summed E-state index contributed by atoms with van der Waals surface area (Å²) in [5, 5.41) is 5.15. The van der Waals surface area contributed by atoms with Crippen molar-refractivity contribution in [1.82, 2.24) is 10.6 Å². The molecule has 1 aromatic carbocycles. The lowest BCUT2D eigenvalue weighted by Gasteiger charge is -2.07. The Kier molecular flexibility index (Phi) is 6.32. The van der Waals surface area contributed by atoms with Crippen LogP contribution in [0, 0.1) is 0 Å². The van der Waals surface area contributed by atoms with Gasteiger partial charge in [-0.25, -0.2) is 0 Å². The second kappa shape index (κ2) is 8.11. The largest absolute Gasteiger partial charge is 0.484 e. The highest BCUT2D eigenvalue weighted by Gasteiger charge is 2.05. The predicted octanol–water partition coefficient (Wildman–Crippen LogP) is 0.708. The third-order valence-corrected chi connectivity index (χ3v) is 2.13. The van der Waals surface area contributed by atoms with E-state index < -0.39 is 0 Å². The van der Waals surface area contributed by atoms with Crippen molar-refractivity contribution in [3.8, 4) is 5.75 Å². The first kappa shape index (κ1) is 14.0. The van der Waals surface area contributed by atoms with E-state index in [1.165, 1.54) is 0 Å². The van der Waals surface area contributed by atoms with Crippen molar-refractivity contribution in [2.45, 2.75) is 13.3 Å². The molecule has 0 heterocycles. The topological polar surface area (TPSA) is 67.4 Å². The highest BCUT2D eigenvalue weighted by Crippen LogP contribution is 2.07. The molecule has 0 aliphatic rings. The Morgan fingerprint density at radius 2 is 1.83 bits per heavy atom. The van der Waals surface area contributed by atoms with Crippen molar-refractivity contribution in [1.29, 1.82) is 0 Å². The van der Waals surface area contributed by atoms with Gasteiger partial charge in [0.15, 0.2) is 6.61 Å². The summed E-state index contributed by atoms with van der Waals surface area (Å²) in [6.45, 7) is 2.48. The predicted molar refractivity (Wildman–Crippen MR) is 68.2 cm³/mol. The van der Waals surface area contributed by atoms with E-state index >= 15 is 0 Å². The van der Waals surface area contributed by atoms with Crippen LogP contribution in [0.4, 0.5) is 0 Å². The fourth-order valence-electron chi connectivity index (χ4n) is 1.22. The molecule has 5 nitrogen and oxygen atoms in total. The van der Waals surface area contributed by atoms with Crippen LogP contribution in [0.3, 0.4) is 0 Å². The monoisotopic (exact) mass is 250 g/mol.